The molecule has 3 rings (SSSR count). The number of nitro groups is 1. The van der Waals surface area contributed by atoms with E-state index in [9.17, 15) is 10.1 Å². The molecule has 1 aromatic rings. The highest BCUT2D eigenvalue weighted by Crippen LogP contribution is 2.41. The predicted octanol–water partition coefficient (Wildman–Crippen LogP) is 0.854. The minimum atomic E-state index is -0.447. The molecule has 1 fully saturated rings. The van der Waals surface area contributed by atoms with Gasteiger partial charge in [-0.05, 0) is 11.6 Å². The molecule has 7 heteroatoms. The smallest absolute Gasteiger partial charge is 0.315 e. The van der Waals surface area contributed by atoms with Gasteiger partial charge in [0.1, 0.15) is 0 Å². The largest absolute Gasteiger partial charge is 0.453 e. The number of benzene rings is 1. The number of ether oxygens (including phenoxy) is 3. The van der Waals surface area contributed by atoms with Crippen LogP contribution >= 0.6 is 0 Å². The molecule has 1 saturated heterocycles. The standard InChI is InChI=1S/C12H14N2O5/c15-14(16)10-4-8(3-9-6-13-1-2-17-9)5-11-12(10)19-7-18-11/h4-5,9,13H,1-3,6-7H2. The van der Waals surface area contributed by atoms with Crippen LogP contribution in [0.2, 0.25) is 0 Å². The maximum Gasteiger partial charge on any atom is 0.315 e. The molecule has 0 radical (unpaired) electrons. The van der Waals surface area contributed by atoms with Crippen LogP contribution in [-0.2, 0) is 11.2 Å². The summed E-state index contributed by atoms with van der Waals surface area (Å²) in [5.41, 5.74) is 0.776. The lowest BCUT2D eigenvalue weighted by atomic mass is 10.1. The lowest BCUT2D eigenvalue weighted by Gasteiger charge is -2.23. The fraction of sp³-hybridized carbons (Fsp3) is 0.500. The van der Waals surface area contributed by atoms with E-state index in [1.165, 1.54) is 6.07 Å². The quantitative estimate of drug-likeness (QED) is 0.645. The summed E-state index contributed by atoms with van der Waals surface area (Å²) in [6, 6.07) is 3.32. The van der Waals surface area contributed by atoms with Gasteiger partial charge in [-0.25, -0.2) is 0 Å². The Morgan fingerprint density at radius 3 is 3.05 bits per heavy atom. The van der Waals surface area contributed by atoms with Crippen LogP contribution in [0.3, 0.4) is 0 Å². The van der Waals surface area contributed by atoms with Crippen molar-refractivity contribution in [3.63, 3.8) is 0 Å². The van der Waals surface area contributed by atoms with Crippen LogP contribution in [0, 0.1) is 10.1 Å². The lowest BCUT2D eigenvalue weighted by Crippen LogP contribution is -2.39. The monoisotopic (exact) mass is 266 g/mol. The molecule has 0 aliphatic carbocycles. The summed E-state index contributed by atoms with van der Waals surface area (Å²) in [6.45, 7) is 2.29. The van der Waals surface area contributed by atoms with Crippen LogP contribution in [0.25, 0.3) is 0 Å². The first-order chi connectivity index (χ1) is 9.24. The van der Waals surface area contributed by atoms with Crippen molar-refractivity contribution in [3.05, 3.63) is 27.8 Å². The van der Waals surface area contributed by atoms with E-state index in [2.05, 4.69) is 5.32 Å². The summed E-state index contributed by atoms with van der Waals surface area (Å²) >= 11 is 0. The average molecular weight is 266 g/mol. The SMILES string of the molecule is O=[N+]([O-])c1cc(CC2CNCCO2)cc2c1OCO2. The van der Waals surface area contributed by atoms with Crippen molar-refractivity contribution in [2.24, 2.45) is 0 Å². The molecule has 2 heterocycles. The van der Waals surface area contributed by atoms with E-state index >= 15 is 0 Å². The number of morpholine rings is 1. The molecule has 0 spiro atoms. The van der Waals surface area contributed by atoms with E-state index < -0.39 is 4.92 Å². The second-order valence-electron chi connectivity index (χ2n) is 4.51. The number of hydrogen-bond acceptors (Lipinski definition) is 6. The maximum absolute atomic E-state index is 11.0. The van der Waals surface area contributed by atoms with Crippen LogP contribution in [0.4, 0.5) is 5.69 Å². The first-order valence-electron chi connectivity index (χ1n) is 6.13. The number of rotatable bonds is 3. The van der Waals surface area contributed by atoms with Gasteiger partial charge in [0, 0.05) is 25.6 Å². The Morgan fingerprint density at radius 2 is 2.32 bits per heavy atom. The summed E-state index contributed by atoms with van der Waals surface area (Å²) in [7, 11) is 0. The van der Waals surface area contributed by atoms with E-state index in [0.29, 0.717) is 18.8 Å². The van der Waals surface area contributed by atoms with Gasteiger partial charge in [0.2, 0.25) is 12.5 Å². The number of nitrogens with zero attached hydrogens (tertiary/aromatic N) is 1. The minimum Gasteiger partial charge on any atom is -0.453 e. The molecule has 1 aromatic carbocycles. The predicted molar refractivity (Wildman–Crippen MR) is 65.5 cm³/mol. The van der Waals surface area contributed by atoms with Crippen molar-refractivity contribution in [2.75, 3.05) is 26.5 Å². The number of hydrogen-bond donors (Lipinski definition) is 1. The average Bonchev–Trinajstić information content (AvgIpc) is 2.87. The third kappa shape index (κ3) is 2.47. The third-order valence-electron chi connectivity index (χ3n) is 3.18. The zero-order valence-corrected chi connectivity index (χ0v) is 10.3. The molecule has 19 heavy (non-hydrogen) atoms. The van der Waals surface area contributed by atoms with E-state index in [4.69, 9.17) is 14.2 Å². The van der Waals surface area contributed by atoms with E-state index in [0.717, 1.165) is 18.7 Å². The second kappa shape index (κ2) is 5.02. The molecule has 102 valence electrons. The minimum absolute atomic E-state index is 0.0289. The molecule has 1 N–H and O–H groups in total. The lowest BCUT2D eigenvalue weighted by molar-refractivity contribution is -0.385. The van der Waals surface area contributed by atoms with Crippen LogP contribution in [0.5, 0.6) is 11.5 Å². The molecule has 1 atom stereocenters. The van der Waals surface area contributed by atoms with Crippen LogP contribution in [-0.4, -0.2) is 37.5 Å². The first-order valence-corrected chi connectivity index (χ1v) is 6.13. The van der Waals surface area contributed by atoms with E-state index in [1.54, 1.807) is 6.07 Å². The Hall–Kier alpha value is -1.86. The highest BCUT2D eigenvalue weighted by molar-refractivity contribution is 5.59. The normalized spacial score (nSPS) is 21.4. The molecule has 0 aromatic heterocycles. The van der Waals surface area contributed by atoms with Gasteiger partial charge >= 0.3 is 5.69 Å². The first kappa shape index (κ1) is 12.2. The van der Waals surface area contributed by atoms with Crippen molar-refractivity contribution < 1.29 is 19.1 Å². The molecule has 2 aliphatic rings. The zero-order chi connectivity index (χ0) is 13.2. The molecule has 0 bridgehead atoms. The second-order valence-corrected chi connectivity index (χ2v) is 4.51. The van der Waals surface area contributed by atoms with Gasteiger partial charge in [-0.3, -0.25) is 10.1 Å². The Labute approximate surface area is 109 Å². The summed E-state index contributed by atoms with van der Waals surface area (Å²) in [5.74, 6) is 0.657. The van der Waals surface area contributed by atoms with Gasteiger partial charge in [0.05, 0.1) is 17.6 Å². The number of fused-ring (bicyclic) bond motifs is 1. The summed E-state index contributed by atoms with van der Waals surface area (Å²) < 4.78 is 16.0. The van der Waals surface area contributed by atoms with Gasteiger partial charge in [-0.2, -0.15) is 0 Å². The molecular weight excluding hydrogens is 252 g/mol. The number of nitro benzene ring substituents is 1. The Kier molecular flexibility index (Phi) is 3.22. The zero-order valence-electron chi connectivity index (χ0n) is 10.3. The van der Waals surface area contributed by atoms with Crippen LogP contribution in [0.1, 0.15) is 5.56 Å². The Morgan fingerprint density at radius 1 is 1.42 bits per heavy atom. The van der Waals surface area contributed by atoms with Gasteiger partial charge in [-0.15, -0.1) is 0 Å². The Bertz CT molecular complexity index is 499. The van der Waals surface area contributed by atoms with Crippen molar-refractivity contribution >= 4 is 5.69 Å². The summed E-state index contributed by atoms with van der Waals surface area (Å²) in [5, 5.41) is 14.3. The van der Waals surface area contributed by atoms with Crippen molar-refractivity contribution in [1.82, 2.24) is 5.32 Å². The topological polar surface area (TPSA) is 82.9 Å². The highest BCUT2D eigenvalue weighted by Gasteiger charge is 2.27. The maximum atomic E-state index is 11.0. The summed E-state index contributed by atoms with van der Waals surface area (Å²) in [6.07, 6.45) is 0.651. The molecule has 2 aliphatic heterocycles. The molecule has 0 amide bonds. The van der Waals surface area contributed by atoms with E-state index in [1.807, 2.05) is 0 Å². The van der Waals surface area contributed by atoms with E-state index in [-0.39, 0.29) is 24.3 Å². The number of nitrogens with one attached hydrogen (secondary N) is 1. The highest BCUT2D eigenvalue weighted by atomic mass is 16.7. The molecule has 1 unspecified atom stereocenters. The van der Waals surface area contributed by atoms with Gasteiger partial charge < -0.3 is 19.5 Å². The van der Waals surface area contributed by atoms with Gasteiger partial charge in [0.25, 0.3) is 0 Å². The Balaban J connectivity index is 1.85. The molecule has 0 saturated carbocycles. The van der Waals surface area contributed by atoms with Gasteiger partial charge in [0.15, 0.2) is 5.75 Å². The van der Waals surface area contributed by atoms with Crippen LogP contribution in [0.15, 0.2) is 12.1 Å². The van der Waals surface area contributed by atoms with Crippen molar-refractivity contribution in [1.29, 1.82) is 0 Å². The fourth-order valence-corrected chi connectivity index (χ4v) is 2.31. The molecular formula is C12H14N2O5. The van der Waals surface area contributed by atoms with Crippen molar-refractivity contribution in [2.45, 2.75) is 12.5 Å². The van der Waals surface area contributed by atoms with Crippen molar-refractivity contribution in [3.8, 4) is 11.5 Å². The van der Waals surface area contributed by atoms with Gasteiger partial charge in [-0.1, -0.05) is 0 Å². The molecule has 7 nitrogen and oxygen atoms in total. The third-order valence-corrected chi connectivity index (χ3v) is 3.18. The van der Waals surface area contributed by atoms with Crippen LogP contribution < -0.4 is 14.8 Å². The fourth-order valence-electron chi connectivity index (χ4n) is 2.31. The summed E-state index contributed by atoms with van der Waals surface area (Å²) in [4.78, 5) is 10.6.